The minimum atomic E-state index is -0.113. The van der Waals surface area contributed by atoms with Crippen molar-refractivity contribution < 1.29 is 4.42 Å². The van der Waals surface area contributed by atoms with Crippen molar-refractivity contribution in [1.82, 2.24) is 45.2 Å². The van der Waals surface area contributed by atoms with Gasteiger partial charge < -0.3 is 30.6 Å². The number of piperazine rings is 1. The number of aryl methyl sites for hydroxylation is 1. The molecule has 2 atom stereocenters. The first-order valence-electron chi connectivity index (χ1n) is 13.6. The normalized spacial score (nSPS) is 18.4. The molecule has 40 heavy (non-hydrogen) atoms. The molecule has 13 heteroatoms. The Morgan fingerprint density at radius 1 is 1.15 bits per heavy atom. The number of aromatic nitrogens is 5. The van der Waals surface area contributed by atoms with Crippen LogP contribution in [-0.2, 0) is 6.54 Å². The molecule has 0 aliphatic carbocycles. The average Bonchev–Trinajstić information content (AvgIpc) is 3.71. The lowest BCUT2D eigenvalue weighted by Gasteiger charge is -2.36. The zero-order chi connectivity index (χ0) is 27.6. The smallest absolute Gasteiger partial charge is 0.224 e. The topological polar surface area (TPSA) is 141 Å². The van der Waals surface area contributed by atoms with Gasteiger partial charge in [0.05, 0.1) is 18.1 Å². The fourth-order valence-corrected chi connectivity index (χ4v) is 5.33. The number of hydrogen-bond acceptors (Lipinski definition) is 12. The molecule has 0 bridgehead atoms. The highest BCUT2D eigenvalue weighted by atomic mass is 16.3. The van der Waals surface area contributed by atoms with Crippen LogP contribution >= 0.6 is 0 Å². The summed E-state index contributed by atoms with van der Waals surface area (Å²) in [5.41, 5.74) is 10.00. The molecule has 5 N–H and O–H groups in total. The molecular formula is C27H36N12O. The van der Waals surface area contributed by atoms with E-state index in [1.54, 1.807) is 6.26 Å². The summed E-state index contributed by atoms with van der Waals surface area (Å²) in [4.78, 5) is 20.4. The minimum Gasteiger partial charge on any atom is -0.449 e. The number of benzene rings is 1. The van der Waals surface area contributed by atoms with Gasteiger partial charge in [0.1, 0.15) is 30.1 Å². The SMILES string of the molecule is CNC(Nc1nc(N)nc2c1cnn2CCN1CCN(c2cccc(-c3coc(C)n3)c2)CC1)C1NC=CN1C. The van der Waals surface area contributed by atoms with Crippen molar-refractivity contribution in [2.75, 3.05) is 62.8 Å². The Hall–Kier alpha value is -4.36. The highest BCUT2D eigenvalue weighted by Crippen LogP contribution is 2.26. The molecule has 13 nitrogen and oxygen atoms in total. The molecule has 5 heterocycles. The van der Waals surface area contributed by atoms with Gasteiger partial charge in [-0.15, -0.1) is 0 Å². The third-order valence-electron chi connectivity index (χ3n) is 7.57. The number of nitrogens with zero attached hydrogens (tertiary/aromatic N) is 8. The third-order valence-corrected chi connectivity index (χ3v) is 7.57. The van der Waals surface area contributed by atoms with Gasteiger partial charge in [0.15, 0.2) is 11.5 Å². The van der Waals surface area contributed by atoms with Crippen LogP contribution in [0.2, 0.25) is 0 Å². The van der Waals surface area contributed by atoms with Crippen LogP contribution in [0.15, 0.2) is 53.5 Å². The summed E-state index contributed by atoms with van der Waals surface area (Å²) < 4.78 is 7.32. The van der Waals surface area contributed by atoms with Crippen molar-refractivity contribution in [3.63, 3.8) is 0 Å². The van der Waals surface area contributed by atoms with E-state index >= 15 is 0 Å². The van der Waals surface area contributed by atoms with Gasteiger partial charge in [-0.2, -0.15) is 15.1 Å². The van der Waals surface area contributed by atoms with E-state index in [1.165, 1.54) is 5.69 Å². The zero-order valence-corrected chi connectivity index (χ0v) is 23.1. The van der Waals surface area contributed by atoms with Crippen molar-refractivity contribution in [3.8, 4) is 11.3 Å². The predicted molar refractivity (Wildman–Crippen MR) is 155 cm³/mol. The molecule has 2 unspecified atom stereocenters. The summed E-state index contributed by atoms with van der Waals surface area (Å²) in [5.74, 6) is 1.55. The van der Waals surface area contributed by atoms with Gasteiger partial charge in [0.25, 0.3) is 0 Å². The van der Waals surface area contributed by atoms with E-state index in [1.807, 2.05) is 44.3 Å². The summed E-state index contributed by atoms with van der Waals surface area (Å²) >= 11 is 0. The average molecular weight is 545 g/mol. The largest absolute Gasteiger partial charge is 0.449 e. The van der Waals surface area contributed by atoms with Crippen LogP contribution in [0.25, 0.3) is 22.3 Å². The molecule has 3 aromatic heterocycles. The number of likely N-dealkylation sites (N-methyl/N-ethyl adjacent to an activating group) is 2. The summed E-state index contributed by atoms with van der Waals surface area (Å²) in [6.07, 6.45) is 7.36. The van der Waals surface area contributed by atoms with Crippen molar-refractivity contribution in [2.24, 2.45) is 0 Å². The number of anilines is 3. The van der Waals surface area contributed by atoms with E-state index < -0.39 is 0 Å². The van der Waals surface area contributed by atoms with Gasteiger partial charge in [-0.05, 0) is 19.2 Å². The second kappa shape index (κ2) is 11.0. The standard InChI is InChI=1S/C27H36N12O/c1-18-32-22(17-40-18)19-5-4-6-20(15-19)38-12-9-37(10-13-38)11-14-39-25-21(16-31-39)23(34-27(28)35-25)33-24(29-2)26-30-7-8-36(26)3/h4-8,15-17,24,26,29-30H,9-14H2,1-3H3,(H3,28,33,34,35). The monoisotopic (exact) mass is 544 g/mol. The first-order valence-corrected chi connectivity index (χ1v) is 13.6. The van der Waals surface area contributed by atoms with E-state index in [9.17, 15) is 0 Å². The maximum atomic E-state index is 6.12. The second-order valence-electron chi connectivity index (χ2n) is 10.2. The molecule has 0 amide bonds. The van der Waals surface area contributed by atoms with Crippen molar-refractivity contribution in [1.29, 1.82) is 0 Å². The van der Waals surface area contributed by atoms with Crippen LogP contribution in [0.3, 0.4) is 0 Å². The highest BCUT2D eigenvalue weighted by Gasteiger charge is 2.26. The van der Waals surface area contributed by atoms with Crippen LogP contribution in [0.4, 0.5) is 17.5 Å². The molecule has 2 aliphatic heterocycles. The van der Waals surface area contributed by atoms with Crippen molar-refractivity contribution >= 4 is 28.5 Å². The van der Waals surface area contributed by atoms with Gasteiger partial charge in [-0.1, -0.05) is 12.1 Å². The number of nitrogen functional groups attached to an aromatic ring is 1. The lowest BCUT2D eigenvalue weighted by Crippen LogP contribution is -2.54. The van der Waals surface area contributed by atoms with E-state index in [0.29, 0.717) is 18.3 Å². The van der Waals surface area contributed by atoms with Gasteiger partial charge in [0.2, 0.25) is 5.95 Å². The Labute approximate surface area is 233 Å². The number of rotatable bonds is 9. The number of hydrogen-bond donors (Lipinski definition) is 4. The Morgan fingerprint density at radius 2 is 2.00 bits per heavy atom. The molecule has 4 aromatic rings. The van der Waals surface area contributed by atoms with Crippen LogP contribution in [0.5, 0.6) is 0 Å². The zero-order valence-electron chi connectivity index (χ0n) is 23.1. The maximum Gasteiger partial charge on any atom is 0.224 e. The van der Waals surface area contributed by atoms with Crippen molar-refractivity contribution in [3.05, 3.63) is 55.0 Å². The molecule has 6 rings (SSSR count). The van der Waals surface area contributed by atoms with Crippen LogP contribution in [0.1, 0.15) is 5.89 Å². The Morgan fingerprint density at radius 3 is 2.73 bits per heavy atom. The number of nitrogens with two attached hydrogens (primary N) is 1. The molecule has 210 valence electrons. The van der Waals surface area contributed by atoms with Gasteiger partial charge >= 0.3 is 0 Å². The summed E-state index contributed by atoms with van der Waals surface area (Å²) in [6.45, 7) is 7.29. The van der Waals surface area contributed by atoms with Crippen LogP contribution < -0.4 is 26.6 Å². The highest BCUT2D eigenvalue weighted by molar-refractivity contribution is 5.87. The molecule has 0 spiro atoms. The van der Waals surface area contributed by atoms with E-state index in [0.717, 1.165) is 55.0 Å². The Kier molecular flexibility index (Phi) is 7.13. The molecule has 1 aromatic carbocycles. The van der Waals surface area contributed by atoms with Crippen LogP contribution in [0, 0.1) is 6.92 Å². The quantitative estimate of drug-likeness (QED) is 0.227. The van der Waals surface area contributed by atoms with Crippen LogP contribution in [-0.4, -0.2) is 93.7 Å². The first kappa shape index (κ1) is 25.9. The fraction of sp³-hybridized carbons (Fsp3) is 0.407. The lowest BCUT2D eigenvalue weighted by atomic mass is 10.1. The molecule has 0 saturated carbocycles. The Balaban J connectivity index is 1.08. The first-order chi connectivity index (χ1) is 19.5. The second-order valence-corrected chi connectivity index (χ2v) is 10.2. The summed E-state index contributed by atoms with van der Waals surface area (Å²) in [7, 11) is 3.93. The van der Waals surface area contributed by atoms with Gasteiger partial charge in [-0.3, -0.25) is 10.2 Å². The van der Waals surface area contributed by atoms with Gasteiger partial charge in [0, 0.05) is 70.3 Å². The van der Waals surface area contributed by atoms with E-state index in [-0.39, 0.29) is 18.3 Å². The molecule has 0 radical (unpaired) electrons. The van der Waals surface area contributed by atoms with E-state index in [2.05, 4.69) is 75.0 Å². The third kappa shape index (κ3) is 5.25. The lowest BCUT2D eigenvalue weighted by molar-refractivity contribution is 0.245. The molecular weight excluding hydrogens is 508 g/mol. The predicted octanol–water partition coefficient (Wildman–Crippen LogP) is 1.48. The maximum absolute atomic E-state index is 6.12. The summed E-state index contributed by atoms with van der Waals surface area (Å²) in [6, 6.07) is 8.50. The number of oxazole rings is 1. The summed E-state index contributed by atoms with van der Waals surface area (Å²) in [5, 5.41) is 15.6. The molecule has 2 aliphatic rings. The Bertz CT molecular complexity index is 1490. The molecule has 1 fully saturated rings. The molecule has 1 saturated heterocycles. The number of fused-ring (bicyclic) bond motifs is 1. The van der Waals surface area contributed by atoms with Gasteiger partial charge in [-0.25, -0.2) is 9.67 Å². The number of nitrogens with one attached hydrogen (secondary N) is 3. The van der Waals surface area contributed by atoms with Crippen molar-refractivity contribution in [2.45, 2.75) is 25.8 Å². The van der Waals surface area contributed by atoms with E-state index in [4.69, 9.17) is 10.2 Å². The minimum absolute atomic E-state index is 0.0268. The fourth-order valence-electron chi connectivity index (χ4n) is 5.33.